The lowest BCUT2D eigenvalue weighted by atomic mass is 10.1. The van der Waals surface area contributed by atoms with Crippen LogP contribution in [0.2, 0.25) is 0 Å². The van der Waals surface area contributed by atoms with Gasteiger partial charge < -0.3 is 19.5 Å². The molecule has 1 aromatic rings. The summed E-state index contributed by atoms with van der Waals surface area (Å²) in [4.78, 5) is 34.0. The molecule has 9 nitrogen and oxygen atoms in total. The molecule has 9 heteroatoms. The zero-order valence-corrected chi connectivity index (χ0v) is 12.7. The van der Waals surface area contributed by atoms with Crippen LogP contribution in [0.4, 0.5) is 15.3 Å². The van der Waals surface area contributed by atoms with E-state index in [-0.39, 0.29) is 18.0 Å². The molecular weight excluding hydrogens is 320 g/mol. The van der Waals surface area contributed by atoms with Gasteiger partial charge in [-0.25, -0.2) is 9.59 Å². The van der Waals surface area contributed by atoms with E-state index in [1.165, 1.54) is 29.2 Å². The molecule has 0 fully saturated rings. The zero-order valence-electron chi connectivity index (χ0n) is 12.7. The Morgan fingerprint density at radius 2 is 1.96 bits per heavy atom. The highest BCUT2D eigenvalue weighted by Gasteiger charge is 2.19. The van der Waals surface area contributed by atoms with Gasteiger partial charge in [0, 0.05) is 31.6 Å². The van der Waals surface area contributed by atoms with Gasteiger partial charge in [0.2, 0.25) is 0 Å². The lowest BCUT2D eigenvalue weighted by Gasteiger charge is -2.23. The number of benzene rings is 1. The Morgan fingerprint density at radius 1 is 1.25 bits per heavy atom. The Hall–Kier alpha value is -3.10. The first-order valence-electron chi connectivity index (χ1n) is 7.23. The summed E-state index contributed by atoms with van der Waals surface area (Å²) < 4.78 is 10.1. The third kappa shape index (κ3) is 4.97. The summed E-state index contributed by atoms with van der Waals surface area (Å²) in [6.07, 6.45) is 1.72. The van der Waals surface area contributed by atoms with E-state index in [0.717, 1.165) is 0 Å². The minimum absolute atomic E-state index is 0.118. The van der Waals surface area contributed by atoms with Crippen LogP contribution in [0.5, 0.6) is 5.75 Å². The van der Waals surface area contributed by atoms with Crippen molar-refractivity contribution in [2.45, 2.75) is 18.9 Å². The minimum Gasteiger partial charge on any atom is -0.465 e. The highest BCUT2D eigenvalue weighted by atomic mass is 16.7. The molecule has 24 heavy (non-hydrogen) atoms. The fourth-order valence-electron chi connectivity index (χ4n) is 2.14. The van der Waals surface area contributed by atoms with Crippen molar-refractivity contribution in [2.75, 3.05) is 13.1 Å². The first-order chi connectivity index (χ1) is 11.5. The number of hydrogen-bond acceptors (Lipinski definition) is 6. The maximum Gasteiger partial charge on any atom is 0.514 e. The molecule has 2 rings (SSSR count). The first kappa shape index (κ1) is 17.3. The lowest BCUT2D eigenvalue weighted by molar-refractivity contribution is -0.384. The van der Waals surface area contributed by atoms with Crippen molar-refractivity contribution in [1.29, 1.82) is 0 Å². The Labute approximate surface area is 137 Å². The van der Waals surface area contributed by atoms with Crippen LogP contribution in [0, 0.1) is 10.1 Å². The maximum atomic E-state index is 11.8. The van der Waals surface area contributed by atoms with Crippen LogP contribution in [0.3, 0.4) is 0 Å². The number of carboxylic acid groups (broad SMARTS) is 1. The summed E-state index contributed by atoms with van der Waals surface area (Å²) in [7, 11) is 0. The van der Waals surface area contributed by atoms with Crippen LogP contribution in [0.15, 0.2) is 36.4 Å². The van der Waals surface area contributed by atoms with Gasteiger partial charge in [0.05, 0.1) is 4.92 Å². The highest BCUT2D eigenvalue weighted by molar-refractivity contribution is 5.65. The molecule has 0 saturated carbocycles. The normalized spacial score (nSPS) is 17.5. The Morgan fingerprint density at radius 3 is 2.58 bits per heavy atom. The third-order valence-electron chi connectivity index (χ3n) is 3.37. The summed E-state index contributed by atoms with van der Waals surface area (Å²) in [6, 6.07) is 5.01. The van der Waals surface area contributed by atoms with Gasteiger partial charge in [-0.15, -0.1) is 0 Å². The van der Waals surface area contributed by atoms with Gasteiger partial charge in [-0.05, 0) is 24.6 Å². The van der Waals surface area contributed by atoms with Crippen molar-refractivity contribution in [1.82, 2.24) is 4.90 Å². The van der Waals surface area contributed by atoms with E-state index < -0.39 is 23.3 Å². The number of hydrogen-bond donors (Lipinski definition) is 1. The molecule has 1 aromatic carbocycles. The molecule has 1 aliphatic rings. The number of rotatable bonds is 3. The van der Waals surface area contributed by atoms with Crippen molar-refractivity contribution in [3.8, 4) is 5.75 Å². The fraction of sp³-hybridized carbons (Fsp3) is 0.333. The molecule has 0 saturated heterocycles. The molecule has 128 valence electrons. The predicted octanol–water partition coefficient (Wildman–Crippen LogP) is 2.81. The Balaban J connectivity index is 1.90. The van der Waals surface area contributed by atoms with E-state index in [1.807, 2.05) is 0 Å². The summed E-state index contributed by atoms with van der Waals surface area (Å²) in [5, 5.41) is 19.6. The van der Waals surface area contributed by atoms with Crippen LogP contribution >= 0.6 is 0 Å². The van der Waals surface area contributed by atoms with E-state index in [0.29, 0.717) is 19.4 Å². The monoisotopic (exact) mass is 336 g/mol. The molecule has 0 bridgehead atoms. The fourth-order valence-corrected chi connectivity index (χ4v) is 2.14. The second-order valence-electron chi connectivity index (χ2n) is 5.03. The number of amides is 1. The quantitative estimate of drug-likeness (QED) is 0.296. The van der Waals surface area contributed by atoms with Gasteiger partial charge >= 0.3 is 12.2 Å². The van der Waals surface area contributed by atoms with Crippen LogP contribution in [-0.2, 0) is 4.74 Å². The number of ether oxygens (including phenoxy) is 2. The van der Waals surface area contributed by atoms with Crippen molar-refractivity contribution >= 4 is 17.9 Å². The van der Waals surface area contributed by atoms with E-state index >= 15 is 0 Å². The standard InChI is InChI=1S/C15H16N2O7/c18-14(19)16-9-2-1-3-12(8-10-16)23-15(20)24-13-6-4-11(5-7-13)17(21)22/h1,3-7,12H,2,8-10H2,(H,18,19). The number of nitro groups is 1. The van der Waals surface area contributed by atoms with Gasteiger partial charge in [0.25, 0.3) is 5.69 Å². The average Bonchev–Trinajstić information content (AvgIpc) is 2.50. The molecule has 1 atom stereocenters. The van der Waals surface area contributed by atoms with Crippen molar-refractivity contribution < 1.29 is 29.1 Å². The van der Waals surface area contributed by atoms with Gasteiger partial charge in [-0.3, -0.25) is 10.1 Å². The summed E-state index contributed by atoms with van der Waals surface area (Å²) >= 11 is 0. The zero-order chi connectivity index (χ0) is 17.5. The second kappa shape index (κ2) is 7.95. The van der Waals surface area contributed by atoms with Crippen molar-refractivity contribution in [3.05, 3.63) is 46.5 Å². The van der Waals surface area contributed by atoms with Crippen LogP contribution in [0.1, 0.15) is 12.8 Å². The van der Waals surface area contributed by atoms with Crippen molar-refractivity contribution in [3.63, 3.8) is 0 Å². The van der Waals surface area contributed by atoms with Crippen molar-refractivity contribution in [2.24, 2.45) is 0 Å². The third-order valence-corrected chi connectivity index (χ3v) is 3.37. The van der Waals surface area contributed by atoms with E-state index in [1.54, 1.807) is 12.2 Å². The number of non-ortho nitro benzene ring substituents is 1. The van der Waals surface area contributed by atoms with Gasteiger partial charge in [0.15, 0.2) is 0 Å². The molecule has 0 radical (unpaired) electrons. The van der Waals surface area contributed by atoms with Crippen LogP contribution < -0.4 is 4.74 Å². The minimum atomic E-state index is -1.02. The largest absolute Gasteiger partial charge is 0.514 e. The molecule has 1 aliphatic heterocycles. The Bertz CT molecular complexity index is 642. The molecule has 0 spiro atoms. The van der Waals surface area contributed by atoms with Gasteiger partial charge in [0.1, 0.15) is 11.9 Å². The summed E-state index contributed by atoms with van der Waals surface area (Å²) in [5.74, 6) is 0.118. The Kier molecular flexibility index (Phi) is 5.72. The number of nitro benzene ring substituents is 1. The summed E-state index contributed by atoms with van der Waals surface area (Å²) in [5.41, 5.74) is -0.118. The molecule has 0 aromatic heterocycles. The second-order valence-corrected chi connectivity index (χ2v) is 5.03. The molecule has 1 unspecified atom stereocenters. The predicted molar refractivity (Wildman–Crippen MR) is 82.0 cm³/mol. The lowest BCUT2D eigenvalue weighted by Crippen LogP contribution is -2.35. The number of carbonyl (C=O) groups excluding carboxylic acids is 1. The molecule has 0 aliphatic carbocycles. The average molecular weight is 336 g/mol. The van der Waals surface area contributed by atoms with Gasteiger partial charge in [-0.1, -0.05) is 6.08 Å². The number of nitrogens with zero attached hydrogens (tertiary/aromatic N) is 2. The SMILES string of the molecule is O=C(Oc1ccc([N+](=O)[O-])cc1)OC1C=CCCN(C(=O)O)CC1. The highest BCUT2D eigenvalue weighted by Crippen LogP contribution is 2.18. The maximum absolute atomic E-state index is 11.8. The molecule has 1 heterocycles. The van der Waals surface area contributed by atoms with Crippen LogP contribution in [-0.4, -0.2) is 46.4 Å². The smallest absolute Gasteiger partial charge is 0.465 e. The molecule has 1 amide bonds. The first-order valence-corrected chi connectivity index (χ1v) is 7.23. The van der Waals surface area contributed by atoms with E-state index in [4.69, 9.17) is 14.6 Å². The molecule has 1 N–H and O–H groups in total. The number of carbonyl (C=O) groups is 2. The topological polar surface area (TPSA) is 119 Å². The van der Waals surface area contributed by atoms with E-state index in [2.05, 4.69) is 0 Å². The summed E-state index contributed by atoms with van der Waals surface area (Å²) in [6.45, 7) is 0.640. The van der Waals surface area contributed by atoms with Crippen LogP contribution in [0.25, 0.3) is 0 Å². The van der Waals surface area contributed by atoms with E-state index in [9.17, 15) is 19.7 Å². The molecular formula is C15H16N2O7. The van der Waals surface area contributed by atoms with Gasteiger partial charge in [-0.2, -0.15) is 0 Å².